The van der Waals surface area contributed by atoms with Crippen molar-refractivity contribution in [2.24, 2.45) is 16.6 Å². The number of rotatable bonds is 4. The molecule has 1 rings (SSSR count). The molecule has 0 aliphatic heterocycles. The number of nitrogens with two attached hydrogens (primary N) is 1. The standard InChI is InChI=1S/C14H18N2O2/c1-8(2)13(18)11-7-10(17)5-6-12(11)16-14(15)9(3)4/h5-8,17H,3H2,1-2,4H3,(H2,15,16). The maximum absolute atomic E-state index is 12.0. The molecule has 4 heteroatoms. The molecule has 3 N–H and O–H groups in total. The van der Waals surface area contributed by atoms with Crippen LogP contribution in [0.1, 0.15) is 31.1 Å². The zero-order valence-electron chi connectivity index (χ0n) is 10.9. The Morgan fingerprint density at radius 3 is 2.56 bits per heavy atom. The molecule has 1 aromatic rings. The zero-order chi connectivity index (χ0) is 13.9. The molecular formula is C14H18N2O2. The number of carbonyl (C=O) groups is 1. The topological polar surface area (TPSA) is 75.7 Å². The molecule has 0 unspecified atom stereocenters. The number of carbonyl (C=O) groups excluding carboxylic acids is 1. The fraction of sp³-hybridized carbons (Fsp3) is 0.286. The highest BCUT2D eigenvalue weighted by atomic mass is 16.3. The lowest BCUT2D eigenvalue weighted by Crippen LogP contribution is -2.13. The maximum Gasteiger partial charge on any atom is 0.167 e. The summed E-state index contributed by atoms with van der Waals surface area (Å²) in [5, 5.41) is 9.46. The van der Waals surface area contributed by atoms with Gasteiger partial charge in [-0.2, -0.15) is 0 Å². The summed E-state index contributed by atoms with van der Waals surface area (Å²) in [6, 6.07) is 4.45. The molecular weight excluding hydrogens is 228 g/mol. The normalized spacial score (nSPS) is 11.7. The molecule has 1 aromatic carbocycles. The molecule has 0 bridgehead atoms. The molecule has 0 fully saturated rings. The van der Waals surface area contributed by atoms with Crippen molar-refractivity contribution in [1.82, 2.24) is 0 Å². The van der Waals surface area contributed by atoms with Crippen LogP contribution in [-0.2, 0) is 0 Å². The van der Waals surface area contributed by atoms with Crippen molar-refractivity contribution >= 4 is 17.3 Å². The minimum absolute atomic E-state index is 0.0341. The fourth-order valence-corrected chi connectivity index (χ4v) is 1.36. The van der Waals surface area contributed by atoms with Gasteiger partial charge < -0.3 is 10.8 Å². The van der Waals surface area contributed by atoms with Crippen LogP contribution in [0.2, 0.25) is 0 Å². The van der Waals surface area contributed by atoms with Crippen molar-refractivity contribution in [2.45, 2.75) is 20.8 Å². The van der Waals surface area contributed by atoms with Crippen molar-refractivity contribution in [1.29, 1.82) is 0 Å². The SMILES string of the molecule is C=C(C)C(N)=Nc1ccc(O)cc1C(=O)C(C)C. The number of phenols is 1. The van der Waals surface area contributed by atoms with Crippen LogP contribution in [0, 0.1) is 5.92 Å². The van der Waals surface area contributed by atoms with E-state index in [2.05, 4.69) is 11.6 Å². The molecule has 96 valence electrons. The average molecular weight is 246 g/mol. The maximum atomic E-state index is 12.0. The Morgan fingerprint density at radius 1 is 1.44 bits per heavy atom. The number of amidine groups is 1. The molecule has 0 radical (unpaired) electrons. The van der Waals surface area contributed by atoms with Crippen LogP contribution in [0.5, 0.6) is 5.75 Å². The molecule has 0 saturated carbocycles. The van der Waals surface area contributed by atoms with Crippen LogP contribution in [-0.4, -0.2) is 16.7 Å². The van der Waals surface area contributed by atoms with Gasteiger partial charge in [-0.05, 0) is 30.7 Å². The third-order valence-electron chi connectivity index (χ3n) is 2.45. The molecule has 0 spiro atoms. The second-order valence-electron chi connectivity index (χ2n) is 4.50. The first-order valence-corrected chi connectivity index (χ1v) is 5.70. The van der Waals surface area contributed by atoms with Gasteiger partial charge >= 0.3 is 0 Å². The molecule has 0 saturated heterocycles. The molecule has 0 atom stereocenters. The van der Waals surface area contributed by atoms with E-state index in [1.165, 1.54) is 12.1 Å². The number of benzene rings is 1. The predicted octanol–water partition coefficient (Wildman–Crippen LogP) is 2.80. The van der Waals surface area contributed by atoms with E-state index in [1.54, 1.807) is 26.8 Å². The lowest BCUT2D eigenvalue weighted by molar-refractivity contribution is 0.0940. The first-order valence-electron chi connectivity index (χ1n) is 5.70. The minimum atomic E-state index is -0.174. The van der Waals surface area contributed by atoms with Crippen molar-refractivity contribution < 1.29 is 9.90 Å². The van der Waals surface area contributed by atoms with Crippen LogP contribution >= 0.6 is 0 Å². The number of aliphatic imine (C=N–C) groups is 1. The number of hydrogen-bond acceptors (Lipinski definition) is 3. The average Bonchev–Trinajstić information content (AvgIpc) is 2.30. The van der Waals surface area contributed by atoms with E-state index < -0.39 is 0 Å². The van der Waals surface area contributed by atoms with E-state index in [0.717, 1.165) is 0 Å². The summed E-state index contributed by atoms with van der Waals surface area (Å²) >= 11 is 0. The summed E-state index contributed by atoms with van der Waals surface area (Å²) in [5.74, 6) is 0.0521. The van der Waals surface area contributed by atoms with Crippen molar-refractivity contribution in [3.05, 3.63) is 35.9 Å². The quantitative estimate of drug-likeness (QED) is 0.487. The van der Waals surface area contributed by atoms with Gasteiger partial charge in [-0.25, -0.2) is 4.99 Å². The summed E-state index contributed by atoms with van der Waals surface area (Å²) in [7, 11) is 0. The second kappa shape index (κ2) is 5.49. The number of ketones is 1. The minimum Gasteiger partial charge on any atom is -0.508 e. The van der Waals surface area contributed by atoms with Crippen molar-refractivity contribution in [3.8, 4) is 5.75 Å². The second-order valence-corrected chi connectivity index (χ2v) is 4.50. The van der Waals surface area contributed by atoms with Crippen LogP contribution in [0.3, 0.4) is 0 Å². The summed E-state index contributed by atoms with van der Waals surface area (Å²) in [6.45, 7) is 9.01. The smallest absolute Gasteiger partial charge is 0.167 e. The zero-order valence-corrected chi connectivity index (χ0v) is 10.9. The summed E-state index contributed by atoms with van der Waals surface area (Å²) in [5.41, 5.74) is 7.16. The van der Waals surface area contributed by atoms with Crippen LogP contribution < -0.4 is 5.73 Å². The molecule has 0 aliphatic carbocycles. The van der Waals surface area contributed by atoms with E-state index in [1.807, 2.05) is 0 Å². The molecule has 0 aromatic heterocycles. The third-order valence-corrected chi connectivity index (χ3v) is 2.45. The number of Topliss-reactive ketones (excluding diaryl/α,β-unsaturated/α-hetero) is 1. The van der Waals surface area contributed by atoms with Gasteiger partial charge in [0.1, 0.15) is 11.6 Å². The number of phenolic OH excluding ortho intramolecular Hbond substituents is 1. The van der Waals surface area contributed by atoms with Gasteiger partial charge in [0.25, 0.3) is 0 Å². The lowest BCUT2D eigenvalue weighted by atomic mass is 9.99. The Labute approximate surface area is 107 Å². The van der Waals surface area contributed by atoms with Gasteiger partial charge in [-0.15, -0.1) is 0 Å². The Kier molecular flexibility index (Phi) is 4.26. The van der Waals surface area contributed by atoms with Gasteiger partial charge in [0.2, 0.25) is 0 Å². The van der Waals surface area contributed by atoms with Crippen LogP contribution in [0.15, 0.2) is 35.3 Å². The summed E-state index contributed by atoms with van der Waals surface area (Å²) < 4.78 is 0. The first kappa shape index (κ1) is 14.0. The molecule has 0 aliphatic rings. The Balaban J connectivity index is 3.32. The molecule has 0 heterocycles. The highest BCUT2D eigenvalue weighted by molar-refractivity contribution is 6.04. The Morgan fingerprint density at radius 2 is 2.06 bits per heavy atom. The fourth-order valence-electron chi connectivity index (χ4n) is 1.36. The van der Waals surface area contributed by atoms with E-state index >= 15 is 0 Å². The monoisotopic (exact) mass is 246 g/mol. The van der Waals surface area contributed by atoms with E-state index in [9.17, 15) is 9.90 Å². The molecule has 18 heavy (non-hydrogen) atoms. The third kappa shape index (κ3) is 3.20. The van der Waals surface area contributed by atoms with Gasteiger partial charge in [-0.1, -0.05) is 20.4 Å². The molecule has 4 nitrogen and oxygen atoms in total. The predicted molar refractivity (Wildman–Crippen MR) is 73.4 cm³/mol. The van der Waals surface area contributed by atoms with Crippen LogP contribution in [0.4, 0.5) is 5.69 Å². The number of hydrogen-bond donors (Lipinski definition) is 2. The van der Waals surface area contributed by atoms with E-state index in [-0.39, 0.29) is 23.3 Å². The lowest BCUT2D eigenvalue weighted by Gasteiger charge is -2.09. The molecule has 0 amide bonds. The van der Waals surface area contributed by atoms with Gasteiger partial charge in [0, 0.05) is 11.5 Å². The first-order chi connectivity index (χ1) is 8.32. The Hall–Kier alpha value is -2.10. The Bertz CT molecular complexity index is 517. The van der Waals surface area contributed by atoms with E-state index in [4.69, 9.17) is 5.73 Å². The van der Waals surface area contributed by atoms with Gasteiger partial charge in [-0.3, -0.25) is 4.79 Å². The largest absolute Gasteiger partial charge is 0.508 e. The van der Waals surface area contributed by atoms with E-state index in [0.29, 0.717) is 16.8 Å². The van der Waals surface area contributed by atoms with Gasteiger partial charge in [0.15, 0.2) is 5.78 Å². The highest BCUT2D eigenvalue weighted by Gasteiger charge is 2.15. The van der Waals surface area contributed by atoms with Crippen molar-refractivity contribution in [3.63, 3.8) is 0 Å². The summed E-state index contributed by atoms with van der Waals surface area (Å²) in [6.07, 6.45) is 0. The van der Waals surface area contributed by atoms with Crippen LogP contribution in [0.25, 0.3) is 0 Å². The highest BCUT2D eigenvalue weighted by Crippen LogP contribution is 2.26. The summed E-state index contributed by atoms with van der Waals surface area (Å²) in [4.78, 5) is 16.2. The number of aromatic hydroxyl groups is 1. The van der Waals surface area contributed by atoms with Gasteiger partial charge in [0.05, 0.1) is 5.69 Å². The number of nitrogens with zero attached hydrogens (tertiary/aromatic N) is 1. The van der Waals surface area contributed by atoms with Crippen molar-refractivity contribution in [2.75, 3.05) is 0 Å².